The van der Waals surface area contributed by atoms with Gasteiger partial charge in [0.15, 0.2) is 0 Å². The smallest absolute Gasteiger partial charge is 0.223 e. The molecule has 1 heterocycles. The van der Waals surface area contributed by atoms with Gasteiger partial charge in [-0.3, -0.25) is 4.79 Å². The van der Waals surface area contributed by atoms with Gasteiger partial charge in [-0.25, -0.2) is 4.39 Å². The second-order valence-corrected chi connectivity index (χ2v) is 6.21. The van der Waals surface area contributed by atoms with Gasteiger partial charge in [0.2, 0.25) is 5.91 Å². The van der Waals surface area contributed by atoms with Gasteiger partial charge in [0.1, 0.15) is 5.82 Å². The summed E-state index contributed by atoms with van der Waals surface area (Å²) >= 11 is 0. The Kier molecular flexibility index (Phi) is 6.21. The van der Waals surface area contributed by atoms with E-state index in [-0.39, 0.29) is 24.1 Å². The van der Waals surface area contributed by atoms with Crippen LogP contribution in [-0.2, 0) is 11.3 Å². The van der Waals surface area contributed by atoms with E-state index >= 15 is 0 Å². The second-order valence-electron chi connectivity index (χ2n) is 6.21. The Hall–Kier alpha value is -1.13. The Labute approximate surface area is 137 Å². The zero-order valence-electron chi connectivity index (χ0n) is 12.8. The largest absolute Gasteiger partial charge is 0.335 e. The van der Waals surface area contributed by atoms with Gasteiger partial charge in [0.25, 0.3) is 0 Å². The van der Waals surface area contributed by atoms with Crippen molar-refractivity contribution >= 4 is 18.3 Å². The van der Waals surface area contributed by atoms with Gasteiger partial charge < -0.3 is 10.2 Å². The van der Waals surface area contributed by atoms with E-state index in [0.717, 1.165) is 31.4 Å². The predicted molar refractivity (Wildman–Crippen MR) is 87.5 cm³/mol. The topological polar surface area (TPSA) is 32.3 Å². The van der Waals surface area contributed by atoms with Crippen molar-refractivity contribution in [2.24, 2.45) is 0 Å². The molecule has 2 fully saturated rings. The Morgan fingerprint density at radius 2 is 2.14 bits per heavy atom. The number of rotatable bonds is 6. The molecule has 3 rings (SSSR count). The summed E-state index contributed by atoms with van der Waals surface area (Å²) in [6.07, 6.45) is 6.09. The Balaban J connectivity index is 0.00000176. The van der Waals surface area contributed by atoms with Crippen LogP contribution in [0.15, 0.2) is 24.3 Å². The first-order chi connectivity index (χ1) is 10.2. The predicted octanol–water partition coefficient (Wildman–Crippen LogP) is 3.27. The molecule has 1 aliphatic heterocycles. The Morgan fingerprint density at radius 1 is 1.32 bits per heavy atom. The molecule has 0 bridgehead atoms. The maximum Gasteiger partial charge on any atom is 0.223 e. The highest BCUT2D eigenvalue weighted by Gasteiger charge is 2.32. The standard InChI is InChI=1S/C17H23FN2O.ClH/c18-14-4-1-3-13(11-14)12-20(16-7-8-16)17(21)9-6-15-5-2-10-19-15;/h1,3-4,11,15-16,19H,2,5-10,12H2;1H. The van der Waals surface area contributed by atoms with Crippen molar-refractivity contribution < 1.29 is 9.18 Å². The molecular formula is C17H24ClFN2O. The van der Waals surface area contributed by atoms with Crippen LogP contribution in [0, 0.1) is 5.82 Å². The fraction of sp³-hybridized carbons (Fsp3) is 0.588. The average Bonchev–Trinajstić information content (AvgIpc) is 3.18. The van der Waals surface area contributed by atoms with Crippen LogP contribution < -0.4 is 5.32 Å². The summed E-state index contributed by atoms with van der Waals surface area (Å²) < 4.78 is 13.3. The summed E-state index contributed by atoms with van der Waals surface area (Å²) in [4.78, 5) is 14.4. The van der Waals surface area contributed by atoms with Gasteiger partial charge in [-0.1, -0.05) is 12.1 Å². The van der Waals surface area contributed by atoms with Crippen LogP contribution in [0.3, 0.4) is 0 Å². The van der Waals surface area contributed by atoms with E-state index in [2.05, 4.69) is 5.32 Å². The molecule has 0 aromatic heterocycles. The molecule has 1 saturated carbocycles. The lowest BCUT2D eigenvalue weighted by Crippen LogP contribution is -2.34. The number of carbonyl (C=O) groups excluding carboxylic acids is 1. The van der Waals surface area contributed by atoms with Crippen LogP contribution >= 0.6 is 12.4 Å². The van der Waals surface area contributed by atoms with E-state index in [1.165, 1.54) is 25.0 Å². The number of nitrogens with one attached hydrogen (secondary N) is 1. The first kappa shape index (κ1) is 17.2. The van der Waals surface area contributed by atoms with E-state index in [1.807, 2.05) is 11.0 Å². The molecule has 122 valence electrons. The average molecular weight is 327 g/mol. The Bertz CT molecular complexity index is 501. The van der Waals surface area contributed by atoms with E-state index in [4.69, 9.17) is 0 Å². The van der Waals surface area contributed by atoms with Crippen molar-refractivity contribution in [1.29, 1.82) is 0 Å². The molecule has 1 amide bonds. The number of carbonyl (C=O) groups is 1. The molecule has 22 heavy (non-hydrogen) atoms. The molecule has 1 atom stereocenters. The highest BCUT2D eigenvalue weighted by molar-refractivity contribution is 5.85. The van der Waals surface area contributed by atoms with Crippen LogP contribution in [0.5, 0.6) is 0 Å². The number of nitrogens with zero attached hydrogens (tertiary/aromatic N) is 1. The third kappa shape index (κ3) is 4.68. The van der Waals surface area contributed by atoms with Crippen LogP contribution in [0.2, 0.25) is 0 Å². The number of halogens is 2. The van der Waals surface area contributed by atoms with Crippen molar-refractivity contribution in [1.82, 2.24) is 10.2 Å². The van der Waals surface area contributed by atoms with Gasteiger partial charge in [-0.2, -0.15) is 0 Å². The SMILES string of the molecule is Cl.O=C(CCC1CCCN1)N(Cc1cccc(F)c1)C1CC1. The first-order valence-electron chi connectivity index (χ1n) is 7.99. The number of hydrogen-bond acceptors (Lipinski definition) is 2. The highest BCUT2D eigenvalue weighted by Crippen LogP contribution is 2.29. The van der Waals surface area contributed by atoms with Gasteiger partial charge in [0.05, 0.1) is 0 Å². The maximum absolute atomic E-state index is 13.3. The Morgan fingerprint density at radius 3 is 2.77 bits per heavy atom. The fourth-order valence-corrected chi connectivity index (χ4v) is 3.08. The summed E-state index contributed by atoms with van der Waals surface area (Å²) in [6, 6.07) is 7.45. The third-order valence-corrected chi connectivity index (χ3v) is 4.42. The quantitative estimate of drug-likeness (QED) is 0.870. The number of amides is 1. The molecular weight excluding hydrogens is 303 g/mol. The molecule has 0 radical (unpaired) electrons. The molecule has 3 nitrogen and oxygen atoms in total. The van der Waals surface area contributed by atoms with Crippen molar-refractivity contribution in [2.75, 3.05) is 6.54 Å². The zero-order chi connectivity index (χ0) is 14.7. The van der Waals surface area contributed by atoms with E-state index in [0.29, 0.717) is 25.0 Å². The minimum atomic E-state index is -0.231. The molecule has 2 aliphatic rings. The fourth-order valence-electron chi connectivity index (χ4n) is 3.08. The molecule has 1 aliphatic carbocycles. The molecule has 1 unspecified atom stereocenters. The van der Waals surface area contributed by atoms with Crippen molar-refractivity contribution in [3.8, 4) is 0 Å². The van der Waals surface area contributed by atoms with Gasteiger partial charge in [-0.15, -0.1) is 12.4 Å². The normalized spacial score (nSPS) is 20.5. The number of benzene rings is 1. The van der Waals surface area contributed by atoms with Crippen LogP contribution in [0.1, 0.15) is 44.1 Å². The van der Waals surface area contributed by atoms with Crippen LogP contribution in [0.25, 0.3) is 0 Å². The lowest BCUT2D eigenvalue weighted by atomic mass is 10.1. The van der Waals surface area contributed by atoms with Crippen molar-refractivity contribution in [3.05, 3.63) is 35.6 Å². The van der Waals surface area contributed by atoms with Crippen molar-refractivity contribution in [3.63, 3.8) is 0 Å². The molecule has 1 aromatic carbocycles. The van der Waals surface area contributed by atoms with E-state index in [9.17, 15) is 9.18 Å². The third-order valence-electron chi connectivity index (χ3n) is 4.42. The molecule has 5 heteroatoms. The second kappa shape index (κ2) is 7.93. The summed E-state index contributed by atoms with van der Waals surface area (Å²) in [5, 5.41) is 3.43. The van der Waals surface area contributed by atoms with Crippen LogP contribution in [-0.4, -0.2) is 29.4 Å². The van der Waals surface area contributed by atoms with Crippen molar-refractivity contribution in [2.45, 2.75) is 57.2 Å². The van der Waals surface area contributed by atoms with E-state index in [1.54, 1.807) is 6.07 Å². The zero-order valence-corrected chi connectivity index (χ0v) is 13.6. The van der Waals surface area contributed by atoms with Gasteiger partial charge in [0, 0.05) is 25.0 Å². The summed E-state index contributed by atoms with van der Waals surface area (Å²) in [5.74, 6) is -0.0127. The van der Waals surface area contributed by atoms with Crippen LogP contribution in [0.4, 0.5) is 4.39 Å². The lowest BCUT2D eigenvalue weighted by Gasteiger charge is -2.23. The molecule has 0 spiro atoms. The molecule has 1 N–H and O–H groups in total. The van der Waals surface area contributed by atoms with E-state index < -0.39 is 0 Å². The van der Waals surface area contributed by atoms with Gasteiger partial charge in [-0.05, 0) is 56.3 Å². The first-order valence-corrected chi connectivity index (χ1v) is 7.99. The maximum atomic E-state index is 13.3. The highest BCUT2D eigenvalue weighted by atomic mass is 35.5. The lowest BCUT2D eigenvalue weighted by molar-refractivity contribution is -0.132. The van der Waals surface area contributed by atoms with Gasteiger partial charge >= 0.3 is 0 Å². The number of hydrogen-bond donors (Lipinski definition) is 1. The summed E-state index contributed by atoms with van der Waals surface area (Å²) in [5.41, 5.74) is 0.884. The summed E-state index contributed by atoms with van der Waals surface area (Å²) in [7, 11) is 0. The minimum Gasteiger partial charge on any atom is -0.335 e. The molecule has 1 aromatic rings. The minimum absolute atomic E-state index is 0. The monoisotopic (exact) mass is 326 g/mol. The molecule has 1 saturated heterocycles. The summed E-state index contributed by atoms with van der Waals surface area (Å²) in [6.45, 7) is 1.62.